The molecule has 2 aromatic carbocycles. The molecule has 32 heavy (non-hydrogen) atoms. The summed E-state index contributed by atoms with van der Waals surface area (Å²) in [7, 11) is 0.0331. The number of aliphatic hydroxyl groups is 2. The molecule has 174 valence electrons. The summed E-state index contributed by atoms with van der Waals surface area (Å²) in [5.74, 6) is -0.454. The first-order chi connectivity index (χ1) is 15.2. The van der Waals surface area contributed by atoms with Crippen LogP contribution >= 0.6 is 0 Å². The van der Waals surface area contributed by atoms with Crippen LogP contribution in [0.4, 0.5) is 17.1 Å². The second-order valence-electron chi connectivity index (χ2n) is 7.97. The standard InChI is InChI=1S/C22H30N4O5S/c1-25(2)19-7-5-6-17(12-19)24-22(29)16-10-18(23-14-20(28)15-27)13-21(11-16)32(30,31)26-8-3-4-9-26/h5-7,10-13,20,23,27-28H,3-4,8-9,14-15H2,1-2H3,(H,24,29). The number of amides is 1. The second kappa shape index (κ2) is 10.3. The number of sulfonamides is 1. The third kappa shape index (κ3) is 5.77. The van der Waals surface area contributed by atoms with E-state index in [1.54, 1.807) is 6.07 Å². The van der Waals surface area contributed by atoms with E-state index in [1.807, 2.05) is 37.2 Å². The number of aliphatic hydroxyl groups excluding tert-OH is 2. The fourth-order valence-electron chi connectivity index (χ4n) is 3.42. The predicted octanol–water partition coefficient (Wildman–Crippen LogP) is 1.55. The minimum absolute atomic E-state index is 0.00933. The van der Waals surface area contributed by atoms with Crippen molar-refractivity contribution in [2.24, 2.45) is 0 Å². The molecule has 3 rings (SSSR count). The van der Waals surface area contributed by atoms with Gasteiger partial charge in [-0.15, -0.1) is 0 Å². The topological polar surface area (TPSA) is 122 Å². The van der Waals surface area contributed by atoms with Gasteiger partial charge in [0.15, 0.2) is 0 Å². The Morgan fingerprint density at radius 3 is 2.50 bits per heavy atom. The molecular weight excluding hydrogens is 432 g/mol. The van der Waals surface area contributed by atoms with Gasteiger partial charge in [-0.2, -0.15) is 4.31 Å². The van der Waals surface area contributed by atoms with Gasteiger partial charge in [-0.3, -0.25) is 4.79 Å². The zero-order valence-corrected chi connectivity index (χ0v) is 19.1. The largest absolute Gasteiger partial charge is 0.394 e. The minimum atomic E-state index is -3.76. The van der Waals surface area contributed by atoms with Crippen molar-refractivity contribution in [1.29, 1.82) is 0 Å². The molecule has 0 radical (unpaired) electrons. The maximum Gasteiger partial charge on any atom is 0.255 e. The Balaban J connectivity index is 1.92. The van der Waals surface area contributed by atoms with Crippen molar-refractivity contribution in [3.63, 3.8) is 0 Å². The fourth-order valence-corrected chi connectivity index (χ4v) is 5.01. The van der Waals surface area contributed by atoms with Crippen molar-refractivity contribution in [1.82, 2.24) is 4.31 Å². The van der Waals surface area contributed by atoms with Crippen LogP contribution in [0.5, 0.6) is 0 Å². The van der Waals surface area contributed by atoms with Gasteiger partial charge in [-0.25, -0.2) is 8.42 Å². The number of nitrogens with one attached hydrogen (secondary N) is 2. The molecular formula is C22H30N4O5S. The summed E-state index contributed by atoms with van der Waals surface area (Å²) in [5.41, 5.74) is 2.03. The average molecular weight is 463 g/mol. The Bertz CT molecular complexity index is 1050. The quantitative estimate of drug-likeness (QED) is 0.446. The predicted molar refractivity (Wildman–Crippen MR) is 125 cm³/mol. The van der Waals surface area contributed by atoms with Crippen LogP contribution < -0.4 is 15.5 Å². The molecule has 1 saturated heterocycles. The maximum absolute atomic E-state index is 13.1. The number of carbonyl (C=O) groups excluding carboxylic acids is 1. The van der Waals surface area contributed by atoms with Crippen molar-refractivity contribution >= 4 is 33.0 Å². The number of hydrogen-bond acceptors (Lipinski definition) is 7. The van der Waals surface area contributed by atoms with Crippen molar-refractivity contribution < 1.29 is 23.4 Å². The highest BCUT2D eigenvalue weighted by Crippen LogP contribution is 2.26. The van der Waals surface area contributed by atoms with E-state index in [2.05, 4.69) is 10.6 Å². The Morgan fingerprint density at radius 1 is 1.12 bits per heavy atom. The van der Waals surface area contributed by atoms with E-state index in [1.165, 1.54) is 22.5 Å². The summed E-state index contributed by atoms with van der Waals surface area (Å²) in [6.07, 6.45) is 0.588. The monoisotopic (exact) mass is 462 g/mol. The lowest BCUT2D eigenvalue weighted by molar-refractivity contribution is 0.102. The molecule has 4 N–H and O–H groups in total. The average Bonchev–Trinajstić information content (AvgIpc) is 3.33. The molecule has 1 atom stereocenters. The highest BCUT2D eigenvalue weighted by molar-refractivity contribution is 7.89. The Hall–Kier alpha value is -2.66. The van der Waals surface area contributed by atoms with Gasteiger partial charge in [0.1, 0.15) is 0 Å². The molecule has 1 aliphatic heterocycles. The first-order valence-electron chi connectivity index (χ1n) is 10.5. The fraction of sp³-hybridized carbons (Fsp3) is 0.409. The van der Waals surface area contributed by atoms with Crippen LogP contribution in [0.1, 0.15) is 23.2 Å². The van der Waals surface area contributed by atoms with Crippen molar-refractivity contribution in [2.45, 2.75) is 23.8 Å². The summed E-state index contributed by atoms with van der Waals surface area (Å²) in [4.78, 5) is 14.9. The van der Waals surface area contributed by atoms with Crippen LogP contribution in [0.15, 0.2) is 47.4 Å². The molecule has 2 aromatic rings. The maximum atomic E-state index is 13.1. The third-order valence-electron chi connectivity index (χ3n) is 5.24. The molecule has 1 amide bonds. The summed E-state index contributed by atoms with van der Waals surface area (Å²) >= 11 is 0. The second-order valence-corrected chi connectivity index (χ2v) is 9.91. The lowest BCUT2D eigenvalue weighted by Gasteiger charge is -2.18. The molecule has 1 fully saturated rings. The SMILES string of the molecule is CN(C)c1cccc(NC(=O)c2cc(NCC(O)CO)cc(S(=O)(=O)N3CCCC3)c2)c1. The van der Waals surface area contributed by atoms with Gasteiger partial charge in [-0.1, -0.05) is 6.07 Å². The van der Waals surface area contributed by atoms with Crippen LogP contribution in [-0.2, 0) is 10.0 Å². The summed E-state index contributed by atoms with van der Waals surface area (Å²) in [5, 5.41) is 24.4. The van der Waals surface area contributed by atoms with Gasteiger partial charge in [-0.05, 0) is 49.2 Å². The molecule has 1 unspecified atom stereocenters. The molecule has 9 nitrogen and oxygen atoms in total. The molecule has 0 bridgehead atoms. The first kappa shape index (κ1) is 24.0. The molecule has 0 spiro atoms. The molecule has 0 aromatic heterocycles. The van der Waals surface area contributed by atoms with E-state index in [0.717, 1.165) is 18.5 Å². The smallest absolute Gasteiger partial charge is 0.255 e. The number of benzene rings is 2. The van der Waals surface area contributed by atoms with Crippen LogP contribution in [0, 0.1) is 0 Å². The van der Waals surface area contributed by atoms with E-state index in [-0.39, 0.29) is 17.0 Å². The molecule has 0 saturated carbocycles. The third-order valence-corrected chi connectivity index (χ3v) is 7.12. The highest BCUT2D eigenvalue weighted by Gasteiger charge is 2.28. The van der Waals surface area contributed by atoms with Gasteiger partial charge in [0, 0.05) is 56.4 Å². The lowest BCUT2D eigenvalue weighted by Crippen LogP contribution is -2.28. The highest BCUT2D eigenvalue weighted by atomic mass is 32.2. The normalized spacial score (nSPS) is 15.4. The van der Waals surface area contributed by atoms with Gasteiger partial charge in [0.05, 0.1) is 17.6 Å². The Labute approximate surface area is 188 Å². The van der Waals surface area contributed by atoms with Gasteiger partial charge in [0.25, 0.3) is 5.91 Å². The molecule has 10 heteroatoms. The summed E-state index contributed by atoms with van der Waals surface area (Å²) in [6, 6.07) is 11.6. The van der Waals surface area contributed by atoms with Crippen LogP contribution in [0.3, 0.4) is 0 Å². The van der Waals surface area contributed by atoms with Crippen LogP contribution in [0.25, 0.3) is 0 Å². The van der Waals surface area contributed by atoms with E-state index < -0.39 is 28.6 Å². The minimum Gasteiger partial charge on any atom is -0.394 e. The van der Waals surface area contributed by atoms with Gasteiger partial charge in [0.2, 0.25) is 10.0 Å². The number of carbonyl (C=O) groups is 1. The van der Waals surface area contributed by atoms with Crippen molar-refractivity contribution in [3.8, 4) is 0 Å². The molecule has 1 heterocycles. The Morgan fingerprint density at radius 2 is 1.84 bits per heavy atom. The van der Waals surface area contributed by atoms with Gasteiger partial charge < -0.3 is 25.7 Å². The van der Waals surface area contributed by atoms with E-state index in [9.17, 15) is 18.3 Å². The van der Waals surface area contributed by atoms with Crippen LogP contribution in [-0.4, -0.2) is 75.3 Å². The van der Waals surface area contributed by atoms with E-state index >= 15 is 0 Å². The van der Waals surface area contributed by atoms with Gasteiger partial charge >= 0.3 is 0 Å². The van der Waals surface area contributed by atoms with E-state index in [4.69, 9.17) is 5.11 Å². The van der Waals surface area contributed by atoms with Crippen LogP contribution in [0.2, 0.25) is 0 Å². The number of rotatable bonds is 9. The zero-order valence-electron chi connectivity index (χ0n) is 18.3. The zero-order chi connectivity index (χ0) is 23.3. The molecule has 0 aliphatic carbocycles. The number of hydrogen-bond donors (Lipinski definition) is 4. The molecule has 1 aliphatic rings. The number of nitrogens with zero attached hydrogens (tertiary/aromatic N) is 2. The lowest BCUT2D eigenvalue weighted by atomic mass is 10.1. The van der Waals surface area contributed by atoms with Crippen molar-refractivity contribution in [2.75, 3.05) is 55.9 Å². The summed E-state index contributed by atoms with van der Waals surface area (Å²) < 4.78 is 27.6. The summed E-state index contributed by atoms with van der Waals surface area (Å²) in [6.45, 7) is 0.466. The number of anilines is 3. The Kier molecular flexibility index (Phi) is 7.73. The van der Waals surface area contributed by atoms with Crippen molar-refractivity contribution in [3.05, 3.63) is 48.0 Å². The van der Waals surface area contributed by atoms with E-state index in [0.29, 0.717) is 24.5 Å². The first-order valence-corrected chi connectivity index (χ1v) is 11.9.